The maximum atomic E-state index is 8.72. The zero-order valence-corrected chi connectivity index (χ0v) is 7.18. The van der Waals surface area contributed by atoms with Crippen LogP contribution in [0.15, 0.2) is 0 Å². The first-order valence-electron chi connectivity index (χ1n) is 2.24. The van der Waals surface area contributed by atoms with Crippen LogP contribution < -0.4 is 0 Å². The normalized spacial score (nSPS) is 13.9. The molecule has 0 aromatic heterocycles. The summed E-state index contributed by atoms with van der Waals surface area (Å²) in [5.41, 5.74) is 0. The van der Waals surface area contributed by atoms with Gasteiger partial charge in [0, 0.05) is 0 Å². The molecule has 0 radical (unpaired) electrons. The van der Waals surface area contributed by atoms with E-state index in [9.17, 15) is 0 Å². The van der Waals surface area contributed by atoms with Crippen LogP contribution >= 0.6 is 29.7 Å². The summed E-state index contributed by atoms with van der Waals surface area (Å²) in [4.78, 5) is 8.72. The molecule has 0 spiro atoms. The highest BCUT2D eigenvalue weighted by Gasteiger charge is 1.99. The Hall–Kier alpha value is 1.05. The third-order valence-electron chi connectivity index (χ3n) is 0.476. The van der Waals surface area contributed by atoms with Crippen molar-refractivity contribution in [1.82, 2.24) is 0 Å². The molecule has 0 saturated carbocycles. The number of hydrogen-bond acceptors (Lipinski definition) is 4. The second kappa shape index (κ2) is 6.17. The summed E-state index contributed by atoms with van der Waals surface area (Å²) in [6, 6.07) is 0. The zero-order chi connectivity index (χ0) is 6.41. The largest absolute Gasteiger partial charge is 0.341 e. The van der Waals surface area contributed by atoms with Gasteiger partial charge in [0.25, 0.3) is 0 Å². The Kier molecular flexibility index (Phi) is 6.98. The number of thiol groups is 1. The monoisotopic (exact) mass is 172 g/mol. The molecule has 5 heteroatoms. The molecule has 0 saturated heterocycles. The Morgan fingerprint density at radius 3 is 2.88 bits per heavy atom. The van der Waals surface area contributed by atoms with E-state index in [2.05, 4.69) is 11.7 Å². The molecule has 0 bridgehead atoms. The van der Waals surface area contributed by atoms with Crippen LogP contribution in [0.4, 0.5) is 0 Å². The molecule has 0 aliphatic rings. The van der Waals surface area contributed by atoms with Gasteiger partial charge in [-0.2, -0.15) is 0 Å². The molecule has 0 rings (SSSR count). The van der Waals surface area contributed by atoms with Crippen LogP contribution in [0.2, 0.25) is 0 Å². The second-order valence-corrected chi connectivity index (χ2v) is 4.95. The maximum Gasteiger partial charge on any atom is 0.246 e. The minimum atomic E-state index is -1.30. The van der Waals surface area contributed by atoms with Crippen molar-refractivity contribution in [2.45, 2.75) is 13.3 Å². The van der Waals surface area contributed by atoms with Crippen molar-refractivity contribution in [2.75, 3.05) is 6.61 Å². The maximum absolute atomic E-state index is 8.72. The first-order chi connectivity index (χ1) is 3.81. The van der Waals surface area contributed by atoms with Crippen LogP contribution in [0.3, 0.4) is 0 Å². The summed E-state index contributed by atoms with van der Waals surface area (Å²) >= 11 is 3.76. The van der Waals surface area contributed by atoms with Crippen LogP contribution in [0.25, 0.3) is 0 Å². The van der Waals surface area contributed by atoms with Crippen molar-refractivity contribution in [2.24, 2.45) is 0 Å². The lowest BCUT2D eigenvalue weighted by atomic mass is 10.5. The molecule has 1 unspecified atom stereocenters. The van der Waals surface area contributed by atoms with E-state index in [1.807, 2.05) is 6.92 Å². The molecule has 1 atom stereocenters. The molecule has 2 nitrogen and oxygen atoms in total. The minimum absolute atomic E-state index is 0.621. The van der Waals surface area contributed by atoms with Gasteiger partial charge in [-0.05, 0) is 16.8 Å². The molecule has 0 aromatic rings. The van der Waals surface area contributed by atoms with Crippen molar-refractivity contribution in [1.29, 1.82) is 0 Å². The van der Waals surface area contributed by atoms with E-state index in [1.165, 1.54) is 0 Å². The molecule has 0 fully saturated rings. The molecule has 0 heterocycles. The van der Waals surface area contributed by atoms with Gasteiger partial charge in [-0.3, -0.25) is 0 Å². The standard InChI is InChI=1S/C3H9O2PS2/c1-2-3-5-6(4)8-7/h4,7H,2-3H2,1H3. The van der Waals surface area contributed by atoms with Gasteiger partial charge in [0.05, 0.1) is 6.61 Å². The van der Waals surface area contributed by atoms with E-state index in [-0.39, 0.29) is 0 Å². The van der Waals surface area contributed by atoms with Gasteiger partial charge in [-0.1, -0.05) is 6.92 Å². The minimum Gasteiger partial charge on any atom is -0.341 e. The highest BCUT2D eigenvalue weighted by molar-refractivity contribution is 8.92. The average molecular weight is 172 g/mol. The van der Waals surface area contributed by atoms with Gasteiger partial charge in [0.1, 0.15) is 0 Å². The van der Waals surface area contributed by atoms with E-state index < -0.39 is 7.58 Å². The van der Waals surface area contributed by atoms with E-state index in [0.717, 1.165) is 16.8 Å². The van der Waals surface area contributed by atoms with Gasteiger partial charge >= 0.3 is 0 Å². The van der Waals surface area contributed by atoms with Gasteiger partial charge in [-0.15, -0.1) is 11.7 Å². The third kappa shape index (κ3) is 5.19. The van der Waals surface area contributed by atoms with Crippen molar-refractivity contribution >= 4 is 29.7 Å². The Balaban J connectivity index is 2.86. The first kappa shape index (κ1) is 9.05. The summed E-state index contributed by atoms with van der Waals surface area (Å²) in [5, 5.41) is 0. The summed E-state index contributed by atoms with van der Waals surface area (Å²) in [6.07, 6.45) is 0.938. The SMILES string of the molecule is CCCOP(O)SS. The van der Waals surface area contributed by atoms with Crippen LogP contribution in [0, 0.1) is 0 Å². The van der Waals surface area contributed by atoms with E-state index >= 15 is 0 Å². The Bertz CT molecular complexity index is 54.5. The van der Waals surface area contributed by atoms with Crippen LogP contribution in [-0.2, 0) is 4.52 Å². The Morgan fingerprint density at radius 1 is 1.88 bits per heavy atom. The van der Waals surface area contributed by atoms with Gasteiger partial charge < -0.3 is 9.42 Å². The van der Waals surface area contributed by atoms with Crippen LogP contribution in [-0.4, -0.2) is 11.5 Å². The Labute approximate surface area is 59.5 Å². The fraction of sp³-hybridized carbons (Fsp3) is 1.00. The molecule has 1 N–H and O–H groups in total. The number of hydrogen-bond donors (Lipinski definition) is 2. The van der Waals surface area contributed by atoms with Gasteiger partial charge in [0.15, 0.2) is 0 Å². The number of rotatable bonds is 4. The quantitative estimate of drug-likeness (QED) is 0.387. The second-order valence-electron chi connectivity index (χ2n) is 1.15. The topological polar surface area (TPSA) is 29.5 Å². The Morgan fingerprint density at radius 2 is 2.50 bits per heavy atom. The van der Waals surface area contributed by atoms with Crippen molar-refractivity contribution in [3.05, 3.63) is 0 Å². The predicted molar refractivity (Wildman–Crippen MR) is 42.0 cm³/mol. The smallest absolute Gasteiger partial charge is 0.246 e. The molecular formula is C3H9O2PS2. The molecule has 0 aliphatic heterocycles. The average Bonchev–Trinajstić information content (AvgIpc) is 1.83. The van der Waals surface area contributed by atoms with Crippen LogP contribution in [0.5, 0.6) is 0 Å². The third-order valence-corrected chi connectivity index (χ3v) is 3.01. The fourth-order valence-electron chi connectivity index (χ4n) is 0.193. The van der Waals surface area contributed by atoms with Crippen molar-refractivity contribution < 1.29 is 9.42 Å². The van der Waals surface area contributed by atoms with Crippen molar-refractivity contribution in [3.63, 3.8) is 0 Å². The van der Waals surface area contributed by atoms with E-state index in [4.69, 9.17) is 9.42 Å². The lowest BCUT2D eigenvalue weighted by Gasteiger charge is -2.03. The molecule has 0 aliphatic carbocycles. The molecule has 0 amide bonds. The fourth-order valence-corrected chi connectivity index (χ4v) is 1.37. The molecule has 8 heavy (non-hydrogen) atoms. The van der Waals surface area contributed by atoms with Crippen molar-refractivity contribution in [3.8, 4) is 0 Å². The van der Waals surface area contributed by atoms with E-state index in [1.54, 1.807) is 0 Å². The lowest BCUT2D eigenvalue weighted by molar-refractivity contribution is 0.322. The lowest BCUT2D eigenvalue weighted by Crippen LogP contribution is -1.81. The predicted octanol–water partition coefficient (Wildman–Crippen LogP) is 2.21. The van der Waals surface area contributed by atoms with Gasteiger partial charge in [-0.25, -0.2) is 0 Å². The first-order valence-corrected chi connectivity index (χ1v) is 5.93. The highest BCUT2D eigenvalue weighted by atomic mass is 33.3. The van der Waals surface area contributed by atoms with E-state index in [0.29, 0.717) is 6.61 Å². The summed E-state index contributed by atoms with van der Waals surface area (Å²) < 4.78 is 4.85. The summed E-state index contributed by atoms with van der Waals surface area (Å²) in [5.74, 6) is 0. The highest BCUT2D eigenvalue weighted by Crippen LogP contribution is 2.48. The van der Waals surface area contributed by atoms with Crippen LogP contribution in [0.1, 0.15) is 13.3 Å². The summed E-state index contributed by atoms with van der Waals surface area (Å²) in [6.45, 7) is 2.61. The van der Waals surface area contributed by atoms with Gasteiger partial charge in [0.2, 0.25) is 7.58 Å². The summed E-state index contributed by atoms with van der Waals surface area (Å²) in [7, 11) is -0.246. The molecule has 0 aromatic carbocycles. The molecular weight excluding hydrogens is 163 g/mol. The molecule has 50 valence electrons. The zero-order valence-electron chi connectivity index (χ0n) is 4.57.